The molecule has 0 bridgehead atoms. The molecule has 0 aliphatic rings. The van der Waals surface area contributed by atoms with Crippen LogP contribution >= 0.6 is 15.9 Å². The summed E-state index contributed by atoms with van der Waals surface area (Å²) in [5, 5.41) is 4.80. The minimum Gasteiger partial charge on any atom is -0.367 e. The van der Waals surface area contributed by atoms with Crippen LogP contribution in [0.5, 0.6) is 0 Å². The van der Waals surface area contributed by atoms with E-state index in [1.807, 2.05) is 24.4 Å². The van der Waals surface area contributed by atoms with Crippen LogP contribution in [0.1, 0.15) is 0 Å². The van der Waals surface area contributed by atoms with Crippen LogP contribution in [0.25, 0.3) is 22.0 Å². The van der Waals surface area contributed by atoms with Crippen LogP contribution in [0, 0.1) is 0 Å². The minimum atomic E-state index is 0.338. The van der Waals surface area contributed by atoms with Gasteiger partial charge >= 0.3 is 0 Å². The van der Waals surface area contributed by atoms with E-state index in [4.69, 9.17) is 10.3 Å². The number of hydrogen-bond donors (Lipinski definition) is 2. The molecule has 2 heterocycles. The van der Waals surface area contributed by atoms with Gasteiger partial charge < -0.3 is 15.2 Å². The zero-order valence-electron chi connectivity index (χ0n) is 8.20. The van der Waals surface area contributed by atoms with E-state index < -0.39 is 0 Å². The van der Waals surface area contributed by atoms with Crippen molar-refractivity contribution >= 4 is 32.7 Å². The SMILES string of the molecule is Nc1oncc1-c1ccc2c(Br)c[nH]c2c1. The molecule has 0 amide bonds. The number of nitrogens with two attached hydrogens (primary N) is 1. The van der Waals surface area contributed by atoms with Crippen molar-refractivity contribution in [3.63, 3.8) is 0 Å². The number of anilines is 1. The summed E-state index contributed by atoms with van der Waals surface area (Å²) in [7, 11) is 0. The van der Waals surface area contributed by atoms with Gasteiger partial charge in [0.1, 0.15) is 0 Å². The molecule has 0 saturated carbocycles. The fourth-order valence-corrected chi connectivity index (χ4v) is 2.18. The minimum absolute atomic E-state index is 0.338. The van der Waals surface area contributed by atoms with Crippen molar-refractivity contribution in [3.8, 4) is 11.1 Å². The Hall–Kier alpha value is -1.75. The summed E-state index contributed by atoms with van der Waals surface area (Å²) in [6, 6.07) is 6.03. The molecule has 0 aliphatic carbocycles. The van der Waals surface area contributed by atoms with Gasteiger partial charge in [0.15, 0.2) is 0 Å². The summed E-state index contributed by atoms with van der Waals surface area (Å²) in [6.07, 6.45) is 3.53. The van der Waals surface area contributed by atoms with Crippen molar-refractivity contribution in [2.75, 3.05) is 5.73 Å². The van der Waals surface area contributed by atoms with E-state index in [9.17, 15) is 0 Å². The number of nitrogens with one attached hydrogen (secondary N) is 1. The molecule has 3 aromatic rings. The molecular weight excluding hydrogens is 270 g/mol. The van der Waals surface area contributed by atoms with Crippen LogP contribution < -0.4 is 5.73 Å². The summed E-state index contributed by atoms with van der Waals surface area (Å²) < 4.78 is 5.89. The maximum absolute atomic E-state index is 5.67. The van der Waals surface area contributed by atoms with Gasteiger partial charge in [-0.3, -0.25) is 0 Å². The zero-order valence-corrected chi connectivity index (χ0v) is 9.78. The Labute approximate surface area is 99.6 Å². The lowest BCUT2D eigenvalue weighted by atomic mass is 10.1. The van der Waals surface area contributed by atoms with Gasteiger partial charge in [-0.2, -0.15) is 0 Å². The Morgan fingerprint density at radius 2 is 2.25 bits per heavy atom. The van der Waals surface area contributed by atoms with Crippen LogP contribution in [0.15, 0.2) is 39.6 Å². The molecular formula is C11H8BrN3O. The molecule has 16 heavy (non-hydrogen) atoms. The highest BCUT2D eigenvalue weighted by Crippen LogP contribution is 2.30. The number of aromatic amines is 1. The highest BCUT2D eigenvalue weighted by molar-refractivity contribution is 9.10. The molecule has 4 nitrogen and oxygen atoms in total. The van der Waals surface area contributed by atoms with Crippen molar-refractivity contribution < 1.29 is 4.52 Å². The Morgan fingerprint density at radius 3 is 3.00 bits per heavy atom. The van der Waals surface area contributed by atoms with Crippen molar-refractivity contribution in [1.82, 2.24) is 10.1 Å². The van der Waals surface area contributed by atoms with Gasteiger partial charge in [0, 0.05) is 21.6 Å². The number of fused-ring (bicyclic) bond motifs is 1. The number of hydrogen-bond acceptors (Lipinski definition) is 3. The van der Waals surface area contributed by atoms with E-state index in [0.29, 0.717) is 5.88 Å². The molecule has 0 fully saturated rings. The number of rotatable bonds is 1. The van der Waals surface area contributed by atoms with Gasteiger partial charge in [-0.25, -0.2) is 0 Å². The fourth-order valence-electron chi connectivity index (χ4n) is 1.72. The maximum Gasteiger partial charge on any atom is 0.229 e. The first-order chi connectivity index (χ1) is 7.75. The molecule has 0 unspecified atom stereocenters. The number of halogens is 1. The second-order valence-corrected chi connectivity index (χ2v) is 4.36. The molecule has 1 aromatic carbocycles. The predicted octanol–water partition coefficient (Wildman–Crippen LogP) is 3.17. The quantitative estimate of drug-likeness (QED) is 0.718. The molecule has 0 saturated heterocycles. The highest BCUT2D eigenvalue weighted by atomic mass is 79.9. The molecule has 0 aliphatic heterocycles. The van der Waals surface area contributed by atoms with Crippen molar-refractivity contribution in [1.29, 1.82) is 0 Å². The highest BCUT2D eigenvalue weighted by Gasteiger charge is 2.08. The van der Waals surface area contributed by atoms with Gasteiger partial charge in [-0.1, -0.05) is 17.3 Å². The normalized spacial score (nSPS) is 11.1. The maximum atomic E-state index is 5.67. The van der Waals surface area contributed by atoms with Gasteiger partial charge in [0.05, 0.1) is 11.8 Å². The average molecular weight is 278 g/mol. The van der Waals surface area contributed by atoms with E-state index in [1.54, 1.807) is 6.20 Å². The van der Waals surface area contributed by atoms with Crippen molar-refractivity contribution in [2.24, 2.45) is 0 Å². The van der Waals surface area contributed by atoms with Crippen LogP contribution in [-0.4, -0.2) is 10.1 Å². The second kappa shape index (κ2) is 3.38. The first kappa shape index (κ1) is 9.47. The Morgan fingerprint density at radius 1 is 1.38 bits per heavy atom. The third-order valence-electron chi connectivity index (χ3n) is 2.54. The zero-order chi connectivity index (χ0) is 11.1. The molecule has 2 aromatic heterocycles. The lowest BCUT2D eigenvalue weighted by Crippen LogP contribution is -1.84. The molecule has 0 spiro atoms. The molecule has 80 valence electrons. The van der Waals surface area contributed by atoms with E-state index in [0.717, 1.165) is 26.5 Å². The Balaban J connectivity index is 2.23. The smallest absolute Gasteiger partial charge is 0.229 e. The fraction of sp³-hybridized carbons (Fsp3) is 0. The van der Waals surface area contributed by atoms with Crippen LogP contribution in [0.3, 0.4) is 0 Å². The number of benzene rings is 1. The summed E-state index contributed by atoms with van der Waals surface area (Å²) in [5.74, 6) is 0.338. The first-order valence-corrected chi connectivity index (χ1v) is 5.52. The van der Waals surface area contributed by atoms with E-state index in [2.05, 4.69) is 26.1 Å². The average Bonchev–Trinajstić information content (AvgIpc) is 2.86. The number of nitrogen functional groups attached to an aromatic ring is 1. The van der Waals surface area contributed by atoms with Gasteiger partial charge in [-0.15, -0.1) is 0 Å². The Bertz CT molecular complexity index is 656. The Kier molecular flexibility index (Phi) is 2.00. The van der Waals surface area contributed by atoms with Gasteiger partial charge in [0.25, 0.3) is 0 Å². The summed E-state index contributed by atoms with van der Waals surface area (Å²) >= 11 is 3.47. The first-order valence-electron chi connectivity index (χ1n) is 4.73. The monoisotopic (exact) mass is 277 g/mol. The largest absolute Gasteiger partial charge is 0.367 e. The molecule has 0 radical (unpaired) electrons. The summed E-state index contributed by atoms with van der Waals surface area (Å²) in [5.41, 5.74) is 8.52. The lowest BCUT2D eigenvalue weighted by Gasteiger charge is -1.98. The summed E-state index contributed by atoms with van der Waals surface area (Å²) in [4.78, 5) is 3.17. The van der Waals surface area contributed by atoms with Crippen LogP contribution in [0.4, 0.5) is 5.88 Å². The third kappa shape index (κ3) is 1.32. The number of aromatic nitrogens is 2. The standard InChI is InChI=1S/C11H8BrN3O/c12-9-5-14-10-3-6(1-2-7(9)10)8-4-15-16-11(8)13/h1-5,14H,13H2. The second-order valence-electron chi connectivity index (χ2n) is 3.50. The van der Waals surface area contributed by atoms with E-state index >= 15 is 0 Å². The molecule has 5 heteroatoms. The van der Waals surface area contributed by atoms with E-state index in [1.165, 1.54) is 0 Å². The number of nitrogens with zero attached hydrogens (tertiary/aromatic N) is 1. The molecule has 0 atom stereocenters. The van der Waals surface area contributed by atoms with Crippen LogP contribution in [-0.2, 0) is 0 Å². The van der Waals surface area contributed by atoms with Crippen LogP contribution in [0.2, 0.25) is 0 Å². The molecule has 3 rings (SSSR count). The summed E-state index contributed by atoms with van der Waals surface area (Å²) in [6.45, 7) is 0. The van der Waals surface area contributed by atoms with Gasteiger partial charge in [-0.05, 0) is 27.6 Å². The lowest BCUT2D eigenvalue weighted by molar-refractivity contribution is 0.436. The van der Waals surface area contributed by atoms with Gasteiger partial charge in [0.2, 0.25) is 5.88 Å². The van der Waals surface area contributed by atoms with Crippen molar-refractivity contribution in [2.45, 2.75) is 0 Å². The van der Waals surface area contributed by atoms with Crippen molar-refractivity contribution in [3.05, 3.63) is 35.1 Å². The topological polar surface area (TPSA) is 67.8 Å². The molecule has 3 N–H and O–H groups in total. The predicted molar refractivity (Wildman–Crippen MR) is 65.9 cm³/mol. The van der Waals surface area contributed by atoms with E-state index in [-0.39, 0.29) is 0 Å². The third-order valence-corrected chi connectivity index (χ3v) is 3.20. The number of H-pyrrole nitrogens is 1.